The first kappa shape index (κ1) is 8.20. The number of carbonyl (C=O) groups excluding carboxylic acids is 2. The molecule has 11 heavy (non-hydrogen) atoms. The van der Waals surface area contributed by atoms with Crippen molar-refractivity contribution in [3.8, 4) is 0 Å². The van der Waals surface area contributed by atoms with E-state index in [1.54, 1.807) is 0 Å². The first-order chi connectivity index (χ1) is 5.27. The minimum atomic E-state index is -0.532. The molecule has 0 aromatic heterocycles. The number of hydrogen-bond donors (Lipinski definition) is 0. The van der Waals surface area contributed by atoms with E-state index in [9.17, 15) is 9.59 Å². The van der Waals surface area contributed by atoms with Gasteiger partial charge in [0.15, 0.2) is 6.10 Å². The van der Waals surface area contributed by atoms with Crippen molar-refractivity contribution in [2.45, 2.75) is 25.0 Å². The van der Waals surface area contributed by atoms with Crippen LogP contribution in [0.4, 0.5) is 0 Å². The van der Waals surface area contributed by atoms with E-state index in [0.29, 0.717) is 19.1 Å². The number of aldehydes is 1. The Balaban J connectivity index is 2.41. The second-order valence-corrected chi connectivity index (χ2v) is 2.40. The van der Waals surface area contributed by atoms with E-state index in [0.717, 1.165) is 0 Å². The highest BCUT2D eigenvalue weighted by atomic mass is 16.6. The van der Waals surface area contributed by atoms with E-state index >= 15 is 0 Å². The van der Waals surface area contributed by atoms with E-state index < -0.39 is 18.2 Å². The van der Waals surface area contributed by atoms with E-state index in [4.69, 9.17) is 4.74 Å². The lowest BCUT2D eigenvalue weighted by Crippen LogP contribution is -2.22. The molecule has 2 atom stereocenters. The number of esters is 1. The molecule has 4 nitrogen and oxygen atoms in total. The van der Waals surface area contributed by atoms with Gasteiger partial charge in [-0.1, -0.05) is 0 Å². The predicted octanol–water partition coefficient (Wildman–Crippen LogP) is -0.0941. The molecule has 0 unspecified atom stereocenters. The fourth-order valence-electron chi connectivity index (χ4n) is 1.07. The summed E-state index contributed by atoms with van der Waals surface area (Å²) in [4.78, 5) is 21.0. The summed E-state index contributed by atoms with van der Waals surface area (Å²) >= 11 is 0. The Labute approximate surface area is 64.5 Å². The Kier molecular flexibility index (Phi) is 2.59. The molecular weight excluding hydrogens is 148 g/mol. The molecule has 0 N–H and O–H groups in total. The fourth-order valence-corrected chi connectivity index (χ4v) is 1.07. The summed E-state index contributed by atoms with van der Waals surface area (Å²) in [5.74, 6) is -0.394. The molecule has 4 heteroatoms. The van der Waals surface area contributed by atoms with Crippen LogP contribution in [-0.2, 0) is 19.1 Å². The molecule has 0 amide bonds. The van der Waals surface area contributed by atoms with E-state index in [1.165, 1.54) is 7.11 Å². The third-order valence-electron chi connectivity index (χ3n) is 1.67. The average Bonchev–Trinajstić information content (AvgIpc) is 2.50. The van der Waals surface area contributed by atoms with Crippen LogP contribution in [0.2, 0.25) is 0 Å². The summed E-state index contributed by atoms with van der Waals surface area (Å²) in [6.45, 7) is 0. The topological polar surface area (TPSA) is 52.6 Å². The van der Waals surface area contributed by atoms with Crippen molar-refractivity contribution in [2.24, 2.45) is 0 Å². The van der Waals surface area contributed by atoms with Crippen LogP contribution in [-0.4, -0.2) is 31.6 Å². The number of rotatable bonds is 2. The van der Waals surface area contributed by atoms with E-state index in [-0.39, 0.29) is 0 Å². The number of carbonyl (C=O) groups is 2. The SMILES string of the molecule is COC(=O)[C@@H]1CC[C@H](C=O)O1. The van der Waals surface area contributed by atoms with Crippen molar-refractivity contribution >= 4 is 12.3 Å². The van der Waals surface area contributed by atoms with Gasteiger partial charge >= 0.3 is 5.97 Å². The van der Waals surface area contributed by atoms with Crippen molar-refractivity contribution in [3.05, 3.63) is 0 Å². The first-order valence-electron chi connectivity index (χ1n) is 3.46. The minimum Gasteiger partial charge on any atom is -0.467 e. The van der Waals surface area contributed by atoms with Crippen LogP contribution in [0.15, 0.2) is 0 Å². The Morgan fingerprint density at radius 1 is 1.64 bits per heavy atom. The molecule has 0 saturated carbocycles. The fraction of sp³-hybridized carbons (Fsp3) is 0.714. The lowest BCUT2D eigenvalue weighted by Gasteiger charge is -2.06. The van der Waals surface area contributed by atoms with Crippen molar-refractivity contribution in [1.82, 2.24) is 0 Å². The number of methoxy groups -OCH3 is 1. The van der Waals surface area contributed by atoms with Gasteiger partial charge in [0.2, 0.25) is 0 Å². The van der Waals surface area contributed by atoms with E-state index in [1.807, 2.05) is 0 Å². The zero-order valence-corrected chi connectivity index (χ0v) is 6.28. The van der Waals surface area contributed by atoms with Gasteiger partial charge in [0.25, 0.3) is 0 Å². The van der Waals surface area contributed by atoms with Crippen molar-refractivity contribution < 1.29 is 19.1 Å². The van der Waals surface area contributed by atoms with Gasteiger partial charge < -0.3 is 14.3 Å². The second-order valence-electron chi connectivity index (χ2n) is 2.40. The van der Waals surface area contributed by atoms with Crippen LogP contribution in [0.3, 0.4) is 0 Å². The summed E-state index contributed by atoms with van der Waals surface area (Å²) in [5.41, 5.74) is 0. The van der Waals surface area contributed by atoms with Crippen molar-refractivity contribution in [1.29, 1.82) is 0 Å². The summed E-state index contributed by atoms with van der Waals surface area (Å²) in [7, 11) is 1.31. The van der Waals surface area contributed by atoms with Gasteiger partial charge in [0, 0.05) is 0 Å². The first-order valence-corrected chi connectivity index (χ1v) is 3.46. The third-order valence-corrected chi connectivity index (χ3v) is 1.67. The summed E-state index contributed by atoms with van der Waals surface area (Å²) < 4.78 is 9.47. The van der Waals surface area contributed by atoms with Gasteiger partial charge in [-0.3, -0.25) is 0 Å². The quantitative estimate of drug-likeness (QED) is 0.416. The lowest BCUT2D eigenvalue weighted by molar-refractivity contribution is -0.153. The Hall–Kier alpha value is -0.900. The number of hydrogen-bond acceptors (Lipinski definition) is 4. The maximum absolute atomic E-state index is 10.8. The average molecular weight is 158 g/mol. The molecule has 62 valence electrons. The molecule has 1 heterocycles. The zero-order valence-electron chi connectivity index (χ0n) is 6.28. The van der Waals surface area contributed by atoms with Crippen LogP contribution in [0.25, 0.3) is 0 Å². The smallest absolute Gasteiger partial charge is 0.335 e. The molecular formula is C7H10O4. The largest absolute Gasteiger partial charge is 0.467 e. The predicted molar refractivity (Wildman–Crippen MR) is 36.0 cm³/mol. The molecule has 0 radical (unpaired) electrons. The maximum atomic E-state index is 10.8. The van der Waals surface area contributed by atoms with Crippen LogP contribution in [0.1, 0.15) is 12.8 Å². The van der Waals surface area contributed by atoms with E-state index in [2.05, 4.69) is 4.74 Å². The van der Waals surface area contributed by atoms with Gasteiger partial charge in [0.05, 0.1) is 7.11 Å². The molecule has 1 saturated heterocycles. The monoisotopic (exact) mass is 158 g/mol. The molecule has 1 aliphatic heterocycles. The highest BCUT2D eigenvalue weighted by Crippen LogP contribution is 2.18. The molecule has 1 aliphatic rings. The van der Waals surface area contributed by atoms with Gasteiger partial charge in [0.1, 0.15) is 12.4 Å². The molecule has 0 spiro atoms. The lowest BCUT2D eigenvalue weighted by atomic mass is 10.2. The summed E-state index contributed by atoms with van der Waals surface area (Å²) in [6, 6.07) is 0. The Morgan fingerprint density at radius 3 is 2.82 bits per heavy atom. The van der Waals surface area contributed by atoms with Gasteiger partial charge in [-0.15, -0.1) is 0 Å². The molecule has 0 aliphatic carbocycles. The standard InChI is InChI=1S/C7H10O4/c1-10-7(9)6-3-2-5(4-8)11-6/h4-6H,2-3H2,1H3/t5-,6+/m1/s1. The van der Waals surface area contributed by atoms with Crippen molar-refractivity contribution in [3.63, 3.8) is 0 Å². The molecule has 0 aromatic carbocycles. The van der Waals surface area contributed by atoms with Crippen LogP contribution >= 0.6 is 0 Å². The maximum Gasteiger partial charge on any atom is 0.335 e. The molecule has 1 fully saturated rings. The van der Waals surface area contributed by atoms with Crippen LogP contribution < -0.4 is 0 Å². The van der Waals surface area contributed by atoms with Gasteiger partial charge in [-0.05, 0) is 12.8 Å². The zero-order chi connectivity index (χ0) is 8.27. The van der Waals surface area contributed by atoms with Crippen LogP contribution in [0.5, 0.6) is 0 Å². The number of ether oxygens (including phenoxy) is 2. The van der Waals surface area contributed by atoms with Crippen LogP contribution in [0, 0.1) is 0 Å². The third kappa shape index (κ3) is 1.77. The van der Waals surface area contributed by atoms with Gasteiger partial charge in [-0.2, -0.15) is 0 Å². The van der Waals surface area contributed by atoms with Crippen molar-refractivity contribution in [2.75, 3.05) is 7.11 Å². The highest BCUT2D eigenvalue weighted by molar-refractivity contribution is 5.75. The van der Waals surface area contributed by atoms with Gasteiger partial charge in [-0.25, -0.2) is 4.79 Å². The normalized spacial score (nSPS) is 29.9. The molecule has 0 bridgehead atoms. The summed E-state index contributed by atoms with van der Waals surface area (Å²) in [5, 5.41) is 0. The molecule has 0 aromatic rings. The minimum absolute atomic E-state index is 0.394. The molecule has 1 rings (SSSR count). The second kappa shape index (κ2) is 3.48. The highest BCUT2D eigenvalue weighted by Gasteiger charge is 2.30. The Morgan fingerprint density at radius 2 is 2.36 bits per heavy atom. The Bertz CT molecular complexity index is 166. The summed E-state index contributed by atoms with van der Waals surface area (Å²) in [6.07, 6.45) is 0.955.